The third-order valence-corrected chi connectivity index (χ3v) is 3.86. The summed E-state index contributed by atoms with van der Waals surface area (Å²) < 4.78 is 0. The fraction of sp³-hybridized carbons (Fsp3) is 0.105. The zero-order chi connectivity index (χ0) is 13.7. The SMILES string of the molecule is Cc1cc(C)cc(-c2cc3c4c(cccc4n2)C=C3)c1. The van der Waals surface area contributed by atoms with Crippen LogP contribution in [0.25, 0.3) is 34.3 Å². The lowest BCUT2D eigenvalue weighted by atomic mass is 10.0. The molecule has 1 heterocycles. The molecule has 0 amide bonds. The molecule has 1 aliphatic rings. The van der Waals surface area contributed by atoms with E-state index in [2.05, 4.69) is 68.5 Å². The lowest BCUT2D eigenvalue weighted by molar-refractivity contribution is 1.34. The van der Waals surface area contributed by atoms with Gasteiger partial charge >= 0.3 is 0 Å². The minimum absolute atomic E-state index is 1.06. The predicted octanol–water partition coefficient (Wildman–Crippen LogP) is 5.00. The monoisotopic (exact) mass is 257 g/mol. The summed E-state index contributed by atoms with van der Waals surface area (Å²) in [5.41, 5.74) is 8.45. The van der Waals surface area contributed by atoms with Crippen molar-refractivity contribution in [3.05, 3.63) is 64.7 Å². The van der Waals surface area contributed by atoms with E-state index in [0.29, 0.717) is 0 Å². The molecule has 0 unspecified atom stereocenters. The van der Waals surface area contributed by atoms with Crippen LogP contribution < -0.4 is 0 Å². The van der Waals surface area contributed by atoms with Gasteiger partial charge in [-0.05, 0) is 49.2 Å². The van der Waals surface area contributed by atoms with Crippen LogP contribution in [0.2, 0.25) is 0 Å². The summed E-state index contributed by atoms with van der Waals surface area (Å²) >= 11 is 0. The van der Waals surface area contributed by atoms with Crippen molar-refractivity contribution in [1.82, 2.24) is 4.98 Å². The van der Waals surface area contributed by atoms with E-state index in [1.807, 2.05) is 0 Å². The van der Waals surface area contributed by atoms with Crippen LogP contribution in [0, 0.1) is 13.8 Å². The van der Waals surface area contributed by atoms with E-state index < -0.39 is 0 Å². The van der Waals surface area contributed by atoms with Crippen LogP contribution in [0.3, 0.4) is 0 Å². The van der Waals surface area contributed by atoms with Crippen LogP contribution in [-0.4, -0.2) is 4.98 Å². The first-order chi connectivity index (χ1) is 9.70. The van der Waals surface area contributed by atoms with Gasteiger partial charge in [0, 0.05) is 10.9 Å². The van der Waals surface area contributed by atoms with E-state index in [1.165, 1.54) is 33.2 Å². The molecule has 1 aromatic heterocycles. The van der Waals surface area contributed by atoms with Crippen molar-refractivity contribution in [3.63, 3.8) is 0 Å². The molecule has 96 valence electrons. The molecule has 0 spiro atoms. The van der Waals surface area contributed by atoms with Gasteiger partial charge in [0.1, 0.15) is 0 Å². The highest BCUT2D eigenvalue weighted by atomic mass is 14.7. The molecule has 3 aromatic rings. The van der Waals surface area contributed by atoms with Gasteiger partial charge in [-0.15, -0.1) is 0 Å². The Morgan fingerprint density at radius 3 is 2.35 bits per heavy atom. The summed E-state index contributed by atoms with van der Waals surface area (Å²) in [4.78, 5) is 4.85. The van der Waals surface area contributed by atoms with Gasteiger partial charge in [-0.1, -0.05) is 41.5 Å². The third-order valence-electron chi connectivity index (χ3n) is 3.86. The Morgan fingerprint density at radius 2 is 1.55 bits per heavy atom. The molecule has 1 nitrogen and oxygen atoms in total. The van der Waals surface area contributed by atoms with Gasteiger partial charge in [0.05, 0.1) is 11.2 Å². The number of hydrogen-bond donors (Lipinski definition) is 0. The second-order valence-electron chi connectivity index (χ2n) is 5.55. The molecule has 0 atom stereocenters. The van der Waals surface area contributed by atoms with E-state index in [-0.39, 0.29) is 0 Å². The topological polar surface area (TPSA) is 12.9 Å². The highest BCUT2D eigenvalue weighted by molar-refractivity contribution is 6.04. The van der Waals surface area contributed by atoms with Crippen LogP contribution in [0.1, 0.15) is 22.3 Å². The number of hydrogen-bond acceptors (Lipinski definition) is 1. The Kier molecular flexibility index (Phi) is 2.31. The summed E-state index contributed by atoms with van der Waals surface area (Å²) in [6.07, 6.45) is 4.36. The lowest BCUT2D eigenvalue weighted by Gasteiger charge is -2.08. The lowest BCUT2D eigenvalue weighted by Crippen LogP contribution is -1.90. The van der Waals surface area contributed by atoms with E-state index >= 15 is 0 Å². The Labute approximate surface area is 118 Å². The predicted molar refractivity (Wildman–Crippen MR) is 85.6 cm³/mol. The summed E-state index contributed by atoms with van der Waals surface area (Å²) in [6, 6.07) is 15.1. The number of rotatable bonds is 1. The Balaban J connectivity index is 2.01. The number of benzene rings is 2. The number of aromatic nitrogens is 1. The first kappa shape index (κ1) is 11.4. The molecule has 0 saturated heterocycles. The van der Waals surface area contributed by atoms with Gasteiger partial charge in [-0.3, -0.25) is 0 Å². The molecule has 2 aromatic carbocycles. The smallest absolute Gasteiger partial charge is 0.0721 e. The fourth-order valence-electron chi connectivity index (χ4n) is 3.07. The third kappa shape index (κ3) is 1.67. The Hall–Kier alpha value is -2.41. The molecular formula is C19H15N. The fourth-order valence-corrected chi connectivity index (χ4v) is 3.07. The average molecular weight is 257 g/mol. The summed E-state index contributed by atoms with van der Waals surface area (Å²) in [6.45, 7) is 4.27. The van der Waals surface area contributed by atoms with Gasteiger partial charge < -0.3 is 0 Å². The number of pyridine rings is 1. The van der Waals surface area contributed by atoms with Gasteiger partial charge in [-0.25, -0.2) is 4.98 Å². The maximum absolute atomic E-state index is 4.85. The molecule has 0 aliphatic heterocycles. The highest BCUT2D eigenvalue weighted by Crippen LogP contribution is 2.33. The molecular weight excluding hydrogens is 242 g/mol. The molecule has 0 radical (unpaired) electrons. The zero-order valence-electron chi connectivity index (χ0n) is 11.6. The molecule has 1 aliphatic carbocycles. The van der Waals surface area contributed by atoms with Crippen molar-refractivity contribution in [2.45, 2.75) is 13.8 Å². The zero-order valence-corrected chi connectivity index (χ0v) is 11.6. The molecule has 1 heteroatoms. The molecule has 0 saturated carbocycles. The Bertz CT molecular complexity index is 852. The normalized spacial score (nSPS) is 12.3. The second-order valence-corrected chi connectivity index (χ2v) is 5.55. The van der Waals surface area contributed by atoms with E-state index in [4.69, 9.17) is 4.98 Å². The maximum atomic E-state index is 4.85. The van der Waals surface area contributed by atoms with Crippen molar-refractivity contribution in [2.24, 2.45) is 0 Å². The van der Waals surface area contributed by atoms with Gasteiger partial charge in [0.15, 0.2) is 0 Å². The van der Waals surface area contributed by atoms with Crippen molar-refractivity contribution in [2.75, 3.05) is 0 Å². The summed E-state index contributed by atoms with van der Waals surface area (Å²) in [7, 11) is 0. The highest BCUT2D eigenvalue weighted by Gasteiger charge is 2.12. The van der Waals surface area contributed by atoms with Crippen LogP contribution >= 0.6 is 0 Å². The number of nitrogens with zero attached hydrogens (tertiary/aromatic N) is 1. The van der Waals surface area contributed by atoms with Gasteiger partial charge in [-0.2, -0.15) is 0 Å². The minimum atomic E-state index is 1.06. The molecule has 0 bridgehead atoms. The van der Waals surface area contributed by atoms with Crippen molar-refractivity contribution >= 4 is 23.1 Å². The van der Waals surface area contributed by atoms with Crippen molar-refractivity contribution < 1.29 is 0 Å². The van der Waals surface area contributed by atoms with Gasteiger partial charge in [0.25, 0.3) is 0 Å². The first-order valence-electron chi connectivity index (χ1n) is 6.91. The largest absolute Gasteiger partial charge is 0.248 e. The minimum Gasteiger partial charge on any atom is -0.248 e. The van der Waals surface area contributed by atoms with Crippen LogP contribution in [0.5, 0.6) is 0 Å². The maximum Gasteiger partial charge on any atom is 0.0721 e. The molecule has 0 fully saturated rings. The molecule has 0 N–H and O–H groups in total. The van der Waals surface area contributed by atoms with E-state index in [1.54, 1.807) is 0 Å². The average Bonchev–Trinajstić information content (AvgIpc) is 2.83. The van der Waals surface area contributed by atoms with Crippen LogP contribution in [0.15, 0.2) is 42.5 Å². The first-order valence-corrected chi connectivity index (χ1v) is 6.91. The van der Waals surface area contributed by atoms with Crippen molar-refractivity contribution in [3.8, 4) is 11.3 Å². The number of aryl methyl sites for hydroxylation is 2. The summed E-state index contributed by atoms with van der Waals surface area (Å²) in [5.74, 6) is 0. The van der Waals surface area contributed by atoms with E-state index in [0.717, 1.165) is 11.2 Å². The second kappa shape index (κ2) is 4.04. The summed E-state index contributed by atoms with van der Waals surface area (Å²) in [5, 5.41) is 1.28. The molecule has 20 heavy (non-hydrogen) atoms. The van der Waals surface area contributed by atoms with E-state index in [9.17, 15) is 0 Å². The van der Waals surface area contributed by atoms with Crippen LogP contribution in [-0.2, 0) is 0 Å². The van der Waals surface area contributed by atoms with Crippen LogP contribution in [0.4, 0.5) is 0 Å². The van der Waals surface area contributed by atoms with Gasteiger partial charge in [0.2, 0.25) is 0 Å². The molecule has 4 rings (SSSR count). The standard InChI is InChI=1S/C19H15N/c1-12-8-13(2)10-16(9-12)18-11-15-7-6-14-4-3-5-17(20-18)19(14)15/h3-11H,1-2H3. The van der Waals surface area contributed by atoms with Crippen molar-refractivity contribution in [1.29, 1.82) is 0 Å². The quantitative estimate of drug-likeness (QED) is 0.467. The Morgan fingerprint density at radius 1 is 0.800 bits per heavy atom.